The van der Waals surface area contributed by atoms with Gasteiger partial charge in [0.15, 0.2) is 0 Å². The molecule has 1 aromatic heterocycles. The summed E-state index contributed by atoms with van der Waals surface area (Å²) >= 11 is 2.50. The second-order valence-electron chi connectivity index (χ2n) is 4.04. The molecule has 4 heteroatoms. The molecule has 1 saturated heterocycles. The van der Waals surface area contributed by atoms with Gasteiger partial charge in [-0.2, -0.15) is 0 Å². The van der Waals surface area contributed by atoms with Gasteiger partial charge in [-0.15, -0.1) is 0 Å². The zero-order valence-corrected chi connectivity index (χ0v) is 10.9. The summed E-state index contributed by atoms with van der Waals surface area (Å²) in [6.07, 6.45) is 2.46. The van der Waals surface area contributed by atoms with Gasteiger partial charge in [-0.05, 0) is 0 Å². The molecule has 2 radical (unpaired) electrons. The molecule has 0 amide bonds. The van der Waals surface area contributed by atoms with Crippen LogP contribution in [0.25, 0.3) is 0 Å². The molecule has 2 rings (SSSR count). The van der Waals surface area contributed by atoms with E-state index in [-0.39, 0.29) is 12.2 Å². The van der Waals surface area contributed by atoms with Crippen molar-refractivity contribution in [3.8, 4) is 0 Å². The molecule has 2 heterocycles. The van der Waals surface area contributed by atoms with Crippen molar-refractivity contribution in [1.82, 2.24) is 4.98 Å². The molecule has 1 fully saturated rings. The monoisotopic (exact) mass is 266 g/mol. The van der Waals surface area contributed by atoms with Crippen molar-refractivity contribution in [2.45, 2.75) is 26.1 Å². The molecule has 1 aliphatic heterocycles. The Morgan fingerprint density at radius 3 is 2.53 bits per heavy atom. The van der Waals surface area contributed by atoms with E-state index in [1.807, 2.05) is 6.20 Å². The van der Waals surface area contributed by atoms with Crippen molar-refractivity contribution in [3.05, 3.63) is 18.3 Å². The number of hydrogen-bond acceptors (Lipinski definition) is 3. The zero-order chi connectivity index (χ0) is 10.8. The summed E-state index contributed by atoms with van der Waals surface area (Å²) in [5, 5.41) is 0. The van der Waals surface area contributed by atoms with Gasteiger partial charge in [0.2, 0.25) is 0 Å². The number of rotatable bonds is 1. The first-order valence-corrected chi connectivity index (χ1v) is 6.14. The maximum absolute atomic E-state index is 5.69. The molecule has 0 unspecified atom stereocenters. The van der Waals surface area contributed by atoms with Crippen molar-refractivity contribution in [2.75, 3.05) is 18.0 Å². The van der Waals surface area contributed by atoms with Crippen molar-refractivity contribution in [1.29, 1.82) is 0 Å². The number of hydrogen-bond donors (Lipinski definition) is 0. The Bertz CT molecular complexity index is 318. The number of ether oxygens (including phenoxy) is 1. The van der Waals surface area contributed by atoms with Crippen LogP contribution in [-0.2, 0) is 4.74 Å². The molecule has 0 bridgehead atoms. The molecule has 0 spiro atoms. The minimum absolute atomic E-state index is 0.285. The molecule has 3 nitrogen and oxygen atoms in total. The normalized spacial score (nSPS) is 26.7. The average molecular weight is 266 g/mol. The first kappa shape index (κ1) is 11.0. The summed E-state index contributed by atoms with van der Waals surface area (Å²) in [5.74, 6) is 1.05. The van der Waals surface area contributed by atoms with Gasteiger partial charge >= 0.3 is 99.1 Å². The molecule has 2 atom stereocenters. The summed E-state index contributed by atoms with van der Waals surface area (Å²) < 4.78 is 6.83. The van der Waals surface area contributed by atoms with Crippen molar-refractivity contribution >= 4 is 27.0 Å². The van der Waals surface area contributed by atoms with Crippen LogP contribution in [0, 0.1) is 0 Å². The Morgan fingerprint density at radius 2 is 2.00 bits per heavy atom. The maximum atomic E-state index is 5.69. The van der Waals surface area contributed by atoms with Gasteiger partial charge < -0.3 is 0 Å². The van der Waals surface area contributed by atoms with E-state index in [1.54, 1.807) is 0 Å². The third-order valence-electron chi connectivity index (χ3n) is 2.48. The fraction of sp³-hybridized carbons (Fsp3) is 0.545. The van der Waals surface area contributed by atoms with E-state index in [1.165, 1.54) is 0 Å². The summed E-state index contributed by atoms with van der Waals surface area (Å²) in [4.78, 5) is 6.71. The van der Waals surface area contributed by atoms with Gasteiger partial charge in [-0.3, -0.25) is 0 Å². The average Bonchev–Trinajstić information content (AvgIpc) is 2.17. The predicted octanol–water partition coefficient (Wildman–Crippen LogP) is 0.489. The molecule has 0 N–H and O–H groups in total. The van der Waals surface area contributed by atoms with Crippen LogP contribution >= 0.6 is 0 Å². The molecule has 0 saturated carbocycles. The third-order valence-corrected chi connectivity index (χ3v) is 3.03. The number of anilines is 1. The first-order valence-electron chi connectivity index (χ1n) is 5.20. The Morgan fingerprint density at radius 1 is 1.33 bits per heavy atom. The van der Waals surface area contributed by atoms with Crippen LogP contribution in [0.15, 0.2) is 18.3 Å². The van der Waals surface area contributed by atoms with E-state index in [9.17, 15) is 0 Å². The number of pyridine rings is 1. The predicted molar refractivity (Wildman–Crippen MR) is 61.8 cm³/mol. The zero-order valence-electron chi connectivity index (χ0n) is 9.05. The second-order valence-corrected chi connectivity index (χ2v) is 5.12. The fourth-order valence-corrected chi connectivity index (χ4v) is 2.21. The van der Waals surface area contributed by atoms with Crippen molar-refractivity contribution in [3.63, 3.8) is 0 Å². The fourth-order valence-electron chi connectivity index (χ4n) is 1.93. The van der Waals surface area contributed by atoms with E-state index < -0.39 is 0 Å². The van der Waals surface area contributed by atoms with Crippen LogP contribution in [0.3, 0.4) is 0 Å². The molecule has 0 aliphatic carbocycles. The van der Waals surface area contributed by atoms with Gasteiger partial charge in [0, 0.05) is 0 Å². The van der Waals surface area contributed by atoms with Gasteiger partial charge in [-0.1, -0.05) is 0 Å². The van der Waals surface area contributed by atoms with E-state index in [0.717, 1.165) is 23.3 Å². The molecular weight excluding hydrogens is 251 g/mol. The van der Waals surface area contributed by atoms with E-state index >= 15 is 0 Å². The Labute approximate surface area is 99.3 Å². The summed E-state index contributed by atoms with van der Waals surface area (Å²) in [6, 6.07) is 4.14. The van der Waals surface area contributed by atoms with Crippen molar-refractivity contribution in [2.24, 2.45) is 0 Å². The Kier molecular flexibility index (Phi) is 3.32. The molecular formula is C11H15AsN2O. The number of morpholine rings is 1. The van der Waals surface area contributed by atoms with Gasteiger partial charge in [0.05, 0.1) is 0 Å². The summed E-state index contributed by atoms with van der Waals surface area (Å²) in [6.45, 7) is 6.06. The molecule has 80 valence electrons. The Balaban J connectivity index is 2.12. The van der Waals surface area contributed by atoms with Crippen LogP contribution in [-0.4, -0.2) is 47.1 Å². The van der Waals surface area contributed by atoms with Crippen LogP contribution in [0.4, 0.5) is 5.82 Å². The molecule has 15 heavy (non-hydrogen) atoms. The first-order chi connectivity index (χ1) is 7.15. The van der Waals surface area contributed by atoms with Crippen LogP contribution in [0.2, 0.25) is 0 Å². The summed E-state index contributed by atoms with van der Waals surface area (Å²) in [7, 11) is 0. The summed E-state index contributed by atoms with van der Waals surface area (Å²) in [5.41, 5.74) is 0. The van der Waals surface area contributed by atoms with E-state index in [2.05, 4.69) is 52.7 Å². The van der Waals surface area contributed by atoms with Crippen LogP contribution in [0.1, 0.15) is 13.8 Å². The molecule has 0 aromatic carbocycles. The van der Waals surface area contributed by atoms with Crippen molar-refractivity contribution < 1.29 is 4.74 Å². The van der Waals surface area contributed by atoms with Gasteiger partial charge in [-0.25, -0.2) is 0 Å². The number of nitrogens with zero attached hydrogens (tertiary/aromatic N) is 2. The minimum atomic E-state index is 0.285. The third kappa shape index (κ3) is 2.73. The topological polar surface area (TPSA) is 25.4 Å². The standard InChI is InChI=1S/C11H15AsN2O/c1-8-6-14(7-9(2)15-8)11-4-3-10(12)5-13-11/h3-5,8-9H,6-7H2,1-2H3/t8-,9+. The quantitative estimate of drug-likeness (QED) is 0.692. The number of aromatic nitrogens is 1. The molecule has 1 aromatic rings. The van der Waals surface area contributed by atoms with Crippen LogP contribution in [0.5, 0.6) is 0 Å². The van der Waals surface area contributed by atoms with E-state index in [4.69, 9.17) is 4.74 Å². The van der Waals surface area contributed by atoms with Gasteiger partial charge in [0.1, 0.15) is 0 Å². The van der Waals surface area contributed by atoms with Gasteiger partial charge in [0.25, 0.3) is 0 Å². The van der Waals surface area contributed by atoms with E-state index in [0.29, 0.717) is 0 Å². The van der Waals surface area contributed by atoms with Crippen LogP contribution < -0.4 is 9.25 Å². The SMILES string of the molecule is C[C@@H]1CN(c2ccc([As])cn2)C[C@H](C)O1. The second kappa shape index (κ2) is 4.54. The Hall–Kier alpha value is -0.532. The molecule has 1 aliphatic rings.